The maximum Gasteiger partial charge on any atom is 0.255 e. The molecular formula is C20H27N3O3. The van der Waals surface area contributed by atoms with Crippen molar-refractivity contribution in [3.05, 3.63) is 42.1 Å². The van der Waals surface area contributed by atoms with E-state index in [4.69, 9.17) is 9.47 Å². The van der Waals surface area contributed by atoms with Gasteiger partial charge in [-0.1, -0.05) is 13.8 Å². The summed E-state index contributed by atoms with van der Waals surface area (Å²) in [7, 11) is 3.10. The Bertz CT molecular complexity index is 711. The van der Waals surface area contributed by atoms with Crippen LogP contribution in [0.2, 0.25) is 0 Å². The zero-order chi connectivity index (χ0) is 18.9. The fourth-order valence-corrected chi connectivity index (χ4v) is 2.71. The average Bonchev–Trinajstić information content (AvgIpc) is 2.67. The highest BCUT2D eigenvalue weighted by atomic mass is 16.5. The van der Waals surface area contributed by atoms with Crippen LogP contribution in [-0.4, -0.2) is 38.2 Å². The Morgan fingerprint density at radius 1 is 1.04 bits per heavy atom. The van der Waals surface area contributed by atoms with Crippen LogP contribution in [0, 0.1) is 0 Å². The monoisotopic (exact) mass is 357 g/mol. The second kappa shape index (κ2) is 9.65. The first-order valence-electron chi connectivity index (χ1n) is 8.87. The number of anilines is 2. The van der Waals surface area contributed by atoms with Crippen LogP contribution in [0.5, 0.6) is 11.5 Å². The molecule has 0 saturated carbocycles. The number of hydrogen-bond acceptors (Lipinski definition) is 5. The fourth-order valence-electron chi connectivity index (χ4n) is 2.71. The topological polar surface area (TPSA) is 63.7 Å². The molecule has 0 unspecified atom stereocenters. The van der Waals surface area contributed by atoms with Crippen LogP contribution in [-0.2, 0) is 0 Å². The number of amides is 1. The Labute approximate surface area is 155 Å². The summed E-state index contributed by atoms with van der Waals surface area (Å²) in [5.41, 5.74) is 1.15. The minimum absolute atomic E-state index is 0.223. The molecule has 1 aromatic carbocycles. The number of methoxy groups -OCH3 is 2. The summed E-state index contributed by atoms with van der Waals surface area (Å²) in [4.78, 5) is 19.2. The number of carbonyl (C=O) groups excluding carboxylic acids is 1. The number of nitrogens with one attached hydrogen (secondary N) is 1. The third kappa shape index (κ3) is 4.88. The summed E-state index contributed by atoms with van der Waals surface area (Å²) >= 11 is 0. The third-order valence-electron chi connectivity index (χ3n) is 3.96. The smallest absolute Gasteiger partial charge is 0.255 e. The molecule has 140 valence electrons. The lowest BCUT2D eigenvalue weighted by Crippen LogP contribution is -2.25. The summed E-state index contributed by atoms with van der Waals surface area (Å²) < 4.78 is 10.4. The normalized spacial score (nSPS) is 10.3. The molecule has 26 heavy (non-hydrogen) atoms. The summed E-state index contributed by atoms with van der Waals surface area (Å²) in [6, 6.07) is 8.88. The van der Waals surface area contributed by atoms with Gasteiger partial charge < -0.3 is 19.7 Å². The van der Waals surface area contributed by atoms with Gasteiger partial charge in [0.2, 0.25) is 0 Å². The molecule has 0 fully saturated rings. The number of nitrogens with zero attached hydrogens (tertiary/aromatic N) is 2. The van der Waals surface area contributed by atoms with Crippen molar-refractivity contribution in [2.45, 2.75) is 26.7 Å². The maximum atomic E-state index is 12.5. The molecule has 0 saturated heterocycles. The van der Waals surface area contributed by atoms with Gasteiger partial charge in [-0.05, 0) is 43.2 Å². The summed E-state index contributed by atoms with van der Waals surface area (Å²) in [6.07, 6.45) is 3.82. The van der Waals surface area contributed by atoms with Gasteiger partial charge in [-0.15, -0.1) is 0 Å². The fraction of sp³-hybridized carbons (Fsp3) is 0.400. The highest BCUT2D eigenvalue weighted by molar-refractivity contribution is 6.04. The van der Waals surface area contributed by atoms with E-state index in [2.05, 4.69) is 29.0 Å². The van der Waals surface area contributed by atoms with Crippen molar-refractivity contribution >= 4 is 17.4 Å². The van der Waals surface area contributed by atoms with Crippen molar-refractivity contribution in [2.75, 3.05) is 37.5 Å². The van der Waals surface area contributed by atoms with E-state index >= 15 is 0 Å². The van der Waals surface area contributed by atoms with E-state index in [-0.39, 0.29) is 5.91 Å². The Morgan fingerprint density at radius 2 is 1.73 bits per heavy atom. The number of ether oxygens (including phenoxy) is 2. The van der Waals surface area contributed by atoms with Crippen molar-refractivity contribution in [3.8, 4) is 11.5 Å². The first kappa shape index (κ1) is 19.6. The van der Waals surface area contributed by atoms with E-state index in [0.717, 1.165) is 31.7 Å². The molecule has 0 spiro atoms. The summed E-state index contributed by atoms with van der Waals surface area (Å²) in [6.45, 7) is 6.25. The molecule has 0 atom stereocenters. The number of rotatable bonds is 9. The van der Waals surface area contributed by atoms with Crippen molar-refractivity contribution in [3.63, 3.8) is 0 Å². The van der Waals surface area contributed by atoms with Gasteiger partial charge in [0.15, 0.2) is 11.5 Å². The van der Waals surface area contributed by atoms with Crippen molar-refractivity contribution in [2.24, 2.45) is 0 Å². The van der Waals surface area contributed by atoms with Crippen LogP contribution in [0.3, 0.4) is 0 Å². The van der Waals surface area contributed by atoms with E-state index < -0.39 is 0 Å². The molecule has 0 aliphatic carbocycles. The van der Waals surface area contributed by atoms with Crippen LogP contribution in [0.1, 0.15) is 37.0 Å². The predicted octanol–water partition coefficient (Wildman–Crippen LogP) is 3.98. The number of pyridine rings is 1. The van der Waals surface area contributed by atoms with Gasteiger partial charge in [0.25, 0.3) is 5.91 Å². The lowest BCUT2D eigenvalue weighted by molar-refractivity contribution is 0.102. The van der Waals surface area contributed by atoms with Crippen LogP contribution in [0.15, 0.2) is 36.5 Å². The number of hydrogen-bond donors (Lipinski definition) is 1. The third-order valence-corrected chi connectivity index (χ3v) is 3.96. The lowest BCUT2D eigenvalue weighted by Gasteiger charge is -2.22. The highest BCUT2D eigenvalue weighted by Crippen LogP contribution is 2.28. The van der Waals surface area contributed by atoms with Crippen molar-refractivity contribution in [1.29, 1.82) is 0 Å². The number of carbonyl (C=O) groups is 1. The zero-order valence-electron chi connectivity index (χ0n) is 15.9. The van der Waals surface area contributed by atoms with Gasteiger partial charge in [-0.2, -0.15) is 0 Å². The quantitative estimate of drug-likeness (QED) is 0.735. The van der Waals surface area contributed by atoms with E-state index in [1.807, 2.05) is 12.1 Å². The minimum atomic E-state index is -0.223. The molecule has 1 aromatic heterocycles. The van der Waals surface area contributed by atoms with Gasteiger partial charge in [0.05, 0.1) is 26.1 Å². The first-order chi connectivity index (χ1) is 12.6. The molecular weight excluding hydrogens is 330 g/mol. The molecule has 2 aromatic rings. The van der Waals surface area contributed by atoms with Crippen LogP contribution >= 0.6 is 0 Å². The molecule has 0 bridgehead atoms. The van der Waals surface area contributed by atoms with Gasteiger partial charge in [0, 0.05) is 18.7 Å². The Morgan fingerprint density at radius 3 is 2.27 bits per heavy atom. The summed E-state index contributed by atoms with van der Waals surface area (Å²) in [5, 5.41) is 2.86. The van der Waals surface area contributed by atoms with E-state index in [1.165, 1.54) is 0 Å². The van der Waals surface area contributed by atoms with Crippen LogP contribution in [0.25, 0.3) is 0 Å². The number of benzene rings is 1. The zero-order valence-corrected chi connectivity index (χ0v) is 15.9. The van der Waals surface area contributed by atoms with Crippen molar-refractivity contribution in [1.82, 2.24) is 4.98 Å². The molecule has 1 amide bonds. The second-order valence-electron chi connectivity index (χ2n) is 5.92. The van der Waals surface area contributed by atoms with Gasteiger partial charge in [-0.3, -0.25) is 4.79 Å². The summed E-state index contributed by atoms with van der Waals surface area (Å²) in [5.74, 6) is 1.81. The Kier molecular flexibility index (Phi) is 7.26. The van der Waals surface area contributed by atoms with Crippen LogP contribution < -0.4 is 19.7 Å². The SMILES string of the molecule is CCCN(CCC)c1ccc(NC(=O)c2ccc(OC)c(OC)c2)cn1. The Balaban J connectivity index is 2.09. The minimum Gasteiger partial charge on any atom is -0.493 e. The molecule has 6 nitrogen and oxygen atoms in total. The standard InChI is InChI=1S/C20H27N3O3/c1-5-11-23(12-6-2)19-10-8-16(14-21-19)22-20(24)15-7-9-17(25-3)18(13-15)26-4/h7-10,13-14H,5-6,11-12H2,1-4H3,(H,22,24). The van der Waals surface area contributed by atoms with Gasteiger partial charge in [0.1, 0.15) is 5.82 Å². The maximum absolute atomic E-state index is 12.5. The van der Waals surface area contributed by atoms with Crippen LogP contribution in [0.4, 0.5) is 11.5 Å². The highest BCUT2D eigenvalue weighted by Gasteiger charge is 2.12. The molecule has 1 heterocycles. The average molecular weight is 357 g/mol. The molecule has 0 aliphatic rings. The van der Waals surface area contributed by atoms with E-state index in [0.29, 0.717) is 22.7 Å². The molecule has 0 radical (unpaired) electrons. The largest absolute Gasteiger partial charge is 0.493 e. The second-order valence-corrected chi connectivity index (χ2v) is 5.92. The number of aromatic nitrogens is 1. The Hall–Kier alpha value is -2.76. The predicted molar refractivity (Wildman–Crippen MR) is 105 cm³/mol. The molecule has 2 rings (SSSR count). The van der Waals surface area contributed by atoms with Gasteiger partial charge in [-0.25, -0.2) is 4.98 Å². The van der Waals surface area contributed by atoms with E-state index in [9.17, 15) is 4.79 Å². The first-order valence-corrected chi connectivity index (χ1v) is 8.87. The van der Waals surface area contributed by atoms with E-state index in [1.54, 1.807) is 38.6 Å². The van der Waals surface area contributed by atoms with Crippen molar-refractivity contribution < 1.29 is 14.3 Å². The van der Waals surface area contributed by atoms with Gasteiger partial charge >= 0.3 is 0 Å². The molecule has 6 heteroatoms. The molecule has 1 N–H and O–H groups in total. The molecule has 0 aliphatic heterocycles. The lowest BCUT2D eigenvalue weighted by atomic mass is 10.2.